The summed E-state index contributed by atoms with van der Waals surface area (Å²) >= 11 is 2.98. The number of hydrogen-bond acceptors (Lipinski definition) is 16. The minimum Gasteiger partial charge on any atom is -0.356 e. The van der Waals surface area contributed by atoms with Gasteiger partial charge in [0.2, 0.25) is 0 Å². The molecule has 2 amide bonds. The predicted molar refractivity (Wildman–Crippen MR) is 309 cm³/mol. The SMILES string of the molecule is Cc1cc(Nc2cc(N3CCC3)nc(Sc3ccc(NC(=O)c4ccc(CN5CCC5)cc4)cc3)n2)n[nH]1.Cc1cc(Nc2cc(N3CCC3)nc(Sc3ccc(NC(=O)c4cccc(CN5CCC5)c4)cc3)n2)n[nH]1.[HH].[HH].[HH].[HH]. The second-order valence-electron chi connectivity index (χ2n) is 19.4. The Morgan fingerprint density at radius 3 is 1.38 bits per heavy atom. The number of aryl methyl sites for hydroxylation is 2. The maximum absolute atomic E-state index is 12.9. The van der Waals surface area contributed by atoms with Crippen molar-refractivity contribution in [1.29, 1.82) is 0 Å². The molecular weight excluding hydrogens is 993 g/mol. The molecule has 8 heterocycles. The Hall–Kier alpha value is -7.78. The van der Waals surface area contributed by atoms with Gasteiger partial charge in [-0.05, 0) is 173 Å². The molecule has 0 bridgehead atoms. The van der Waals surface area contributed by atoms with E-state index in [1.165, 1.54) is 60.3 Å². The van der Waals surface area contributed by atoms with Crippen LogP contribution in [0.5, 0.6) is 0 Å². The predicted octanol–water partition coefficient (Wildman–Crippen LogP) is 11.1. The van der Waals surface area contributed by atoms with Crippen LogP contribution in [0.15, 0.2) is 141 Å². The van der Waals surface area contributed by atoms with Crippen molar-refractivity contribution in [2.45, 2.75) is 72.7 Å². The van der Waals surface area contributed by atoms with Gasteiger partial charge in [0.1, 0.15) is 23.3 Å². The van der Waals surface area contributed by atoms with E-state index in [2.05, 4.69) is 67.3 Å². The highest BCUT2D eigenvalue weighted by atomic mass is 32.2. The monoisotopic (exact) mass is 1060 g/mol. The first-order valence-corrected chi connectivity index (χ1v) is 27.5. The second kappa shape index (κ2) is 23.4. The van der Waals surface area contributed by atoms with Gasteiger partial charge in [0.05, 0.1) is 0 Å². The number of aromatic nitrogens is 8. The number of carbonyl (C=O) groups excluding carboxylic acids is 2. The van der Waals surface area contributed by atoms with Crippen LogP contribution in [0.3, 0.4) is 0 Å². The molecule has 4 aromatic carbocycles. The lowest BCUT2D eigenvalue weighted by atomic mass is 10.1. The summed E-state index contributed by atoms with van der Waals surface area (Å²) in [6.07, 6.45) is 4.88. The standard InChI is InChI=1S/2C28H30N8OS.4H2/c1-19-16-25(34-33-19)30-24-17-26(36-14-3-15-36)32-28(31-24)38-23-10-8-22(9-11-23)29-27(37)21-6-4-20(5-7-21)18-35-12-2-13-35;1-19-15-25(34-33-19)30-24-17-26(36-13-4-14-36)32-28(31-24)38-23-9-7-22(8-10-23)29-27(37)21-6-2-5-20(16-21)18-35-11-3-12-35;;;;/h4-11,16-17H,2-3,12-15,18H2,1H3,(H,29,37)(H2,30,31,32,33,34);2,5-10,15-17H,3-4,11-14,18H2,1H3,(H,29,37)(H2,30,31,32,33,34);4*1H. The number of likely N-dealkylation sites (tertiary alicyclic amines) is 2. The number of nitrogens with zero attached hydrogens (tertiary/aromatic N) is 10. The highest BCUT2D eigenvalue weighted by Gasteiger charge is 2.21. The fourth-order valence-electron chi connectivity index (χ4n) is 8.68. The van der Waals surface area contributed by atoms with E-state index in [1.807, 2.05) is 129 Å². The Balaban J connectivity index is 0.000000220. The number of anilines is 8. The molecule has 6 N–H and O–H groups in total. The molecule has 8 aromatic rings. The van der Waals surface area contributed by atoms with E-state index in [4.69, 9.17) is 19.9 Å². The molecule has 12 rings (SSSR count). The molecule has 0 saturated carbocycles. The molecule has 396 valence electrons. The molecule has 4 aliphatic heterocycles. The lowest BCUT2D eigenvalue weighted by Gasteiger charge is -2.32. The van der Waals surface area contributed by atoms with Crippen LogP contribution in [-0.2, 0) is 13.1 Å². The number of benzene rings is 4. The van der Waals surface area contributed by atoms with Gasteiger partial charge in [-0.15, -0.1) is 0 Å². The van der Waals surface area contributed by atoms with Crippen molar-refractivity contribution >= 4 is 81.6 Å². The van der Waals surface area contributed by atoms with Crippen molar-refractivity contribution in [3.05, 3.63) is 155 Å². The summed E-state index contributed by atoms with van der Waals surface area (Å²) in [6.45, 7) is 14.4. The summed E-state index contributed by atoms with van der Waals surface area (Å²) in [7, 11) is 0. The van der Waals surface area contributed by atoms with Gasteiger partial charge in [-0.1, -0.05) is 24.3 Å². The molecule has 0 aliphatic carbocycles. The lowest BCUT2D eigenvalue weighted by Crippen LogP contribution is -2.37. The molecule has 4 saturated heterocycles. The van der Waals surface area contributed by atoms with E-state index in [0.717, 1.165) is 121 Å². The van der Waals surface area contributed by atoms with E-state index in [-0.39, 0.29) is 17.5 Å². The van der Waals surface area contributed by atoms with Crippen molar-refractivity contribution in [1.82, 2.24) is 50.1 Å². The molecule has 0 spiro atoms. The minimum absolute atomic E-state index is 0. The van der Waals surface area contributed by atoms with Crippen LogP contribution < -0.4 is 31.1 Å². The first-order valence-electron chi connectivity index (χ1n) is 25.8. The van der Waals surface area contributed by atoms with Gasteiger partial charge in [0.25, 0.3) is 11.8 Å². The normalized spacial score (nSPS) is 15.0. The van der Waals surface area contributed by atoms with Crippen LogP contribution in [0.4, 0.5) is 46.3 Å². The Bertz CT molecular complexity index is 3300. The smallest absolute Gasteiger partial charge is 0.255 e. The van der Waals surface area contributed by atoms with Crippen molar-refractivity contribution < 1.29 is 15.3 Å². The van der Waals surface area contributed by atoms with E-state index in [9.17, 15) is 9.59 Å². The van der Waals surface area contributed by atoms with Gasteiger partial charge in [-0.25, -0.2) is 19.9 Å². The van der Waals surface area contributed by atoms with Crippen LogP contribution in [0.1, 0.15) is 74.6 Å². The van der Waals surface area contributed by atoms with Crippen molar-refractivity contribution in [2.75, 3.05) is 83.4 Å². The lowest BCUT2D eigenvalue weighted by molar-refractivity contribution is 0.101. The van der Waals surface area contributed by atoms with E-state index in [1.54, 1.807) is 0 Å². The quantitative estimate of drug-likeness (QED) is 0.0442. The number of rotatable bonds is 18. The molecular formula is C56H68N16O2S2. The van der Waals surface area contributed by atoms with Crippen molar-refractivity contribution in [3.8, 4) is 0 Å². The topological polar surface area (TPSA) is 204 Å². The van der Waals surface area contributed by atoms with Crippen molar-refractivity contribution in [3.63, 3.8) is 0 Å². The van der Waals surface area contributed by atoms with Gasteiger partial charge >= 0.3 is 0 Å². The van der Waals surface area contributed by atoms with Gasteiger partial charge in [0, 0.05) is 113 Å². The van der Waals surface area contributed by atoms with E-state index >= 15 is 0 Å². The molecule has 4 fully saturated rings. The van der Waals surface area contributed by atoms with Crippen LogP contribution in [-0.4, -0.2) is 114 Å². The highest BCUT2D eigenvalue weighted by molar-refractivity contribution is 7.99. The molecule has 4 aliphatic rings. The van der Waals surface area contributed by atoms with Crippen LogP contribution in [0.25, 0.3) is 0 Å². The number of aromatic amines is 2. The average Bonchev–Trinajstić information content (AvgIpc) is 3.99. The van der Waals surface area contributed by atoms with Gasteiger partial charge < -0.3 is 31.1 Å². The molecule has 20 heteroatoms. The van der Waals surface area contributed by atoms with Crippen LogP contribution in [0, 0.1) is 13.8 Å². The summed E-state index contributed by atoms with van der Waals surface area (Å²) in [5, 5.41) is 28.3. The average molecular weight is 1060 g/mol. The number of carbonyl (C=O) groups is 2. The summed E-state index contributed by atoms with van der Waals surface area (Å²) < 4.78 is 0. The van der Waals surface area contributed by atoms with Gasteiger partial charge in [-0.3, -0.25) is 29.6 Å². The maximum atomic E-state index is 12.9. The molecule has 76 heavy (non-hydrogen) atoms. The maximum Gasteiger partial charge on any atom is 0.255 e. The van der Waals surface area contributed by atoms with Gasteiger partial charge in [0.15, 0.2) is 21.9 Å². The summed E-state index contributed by atoms with van der Waals surface area (Å²) in [5.41, 5.74) is 7.18. The van der Waals surface area contributed by atoms with Crippen LogP contribution in [0.2, 0.25) is 0 Å². The molecule has 4 aromatic heterocycles. The van der Waals surface area contributed by atoms with Gasteiger partial charge in [-0.2, -0.15) is 10.2 Å². The summed E-state index contributed by atoms with van der Waals surface area (Å²) in [4.78, 5) is 55.8. The van der Waals surface area contributed by atoms with E-state index in [0.29, 0.717) is 33.1 Å². The number of nitrogens with one attached hydrogen (secondary N) is 6. The Labute approximate surface area is 456 Å². The Kier molecular flexibility index (Phi) is 15.5. The first-order chi connectivity index (χ1) is 37.1. The fraction of sp³-hybridized carbons (Fsp3) is 0.286. The third-order valence-corrected chi connectivity index (χ3v) is 15.2. The van der Waals surface area contributed by atoms with Crippen LogP contribution >= 0.6 is 23.5 Å². The fourth-order valence-corrected chi connectivity index (χ4v) is 10.2. The van der Waals surface area contributed by atoms with E-state index < -0.39 is 0 Å². The third-order valence-electron chi connectivity index (χ3n) is 13.4. The Morgan fingerprint density at radius 2 is 0.961 bits per heavy atom. The first kappa shape index (κ1) is 50.4. The number of hydrogen-bond donors (Lipinski definition) is 6. The summed E-state index contributed by atoms with van der Waals surface area (Å²) in [5.74, 6) is 4.44. The summed E-state index contributed by atoms with van der Waals surface area (Å²) in [6, 6.07) is 39.1. The minimum atomic E-state index is -0.115. The zero-order valence-electron chi connectivity index (χ0n) is 42.6. The Morgan fingerprint density at radius 1 is 0.500 bits per heavy atom. The molecule has 0 unspecified atom stereocenters. The largest absolute Gasteiger partial charge is 0.356 e. The number of H-pyrrole nitrogens is 2. The second-order valence-corrected chi connectivity index (χ2v) is 21.5. The molecule has 0 atom stereocenters. The third kappa shape index (κ3) is 13.2. The van der Waals surface area contributed by atoms with Crippen molar-refractivity contribution in [2.24, 2.45) is 0 Å². The zero-order chi connectivity index (χ0) is 51.8. The number of amides is 2. The highest BCUT2D eigenvalue weighted by Crippen LogP contribution is 2.33. The zero-order valence-corrected chi connectivity index (χ0v) is 44.2. The molecule has 18 nitrogen and oxygen atoms in total. The molecule has 0 radical (unpaired) electrons.